The Morgan fingerprint density at radius 3 is 2.50 bits per heavy atom. The second-order valence-corrected chi connectivity index (χ2v) is 3.86. The number of rotatable bonds is 1. The number of hydrogen-bond acceptors (Lipinski definition) is 1. The van der Waals surface area contributed by atoms with Crippen LogP contribution in [0.2, 0.25) is 0 Å². The Morgan fingerprint density at radius 2 is 2.00 bits per heavy atom. The van der Waals surface area contributed by atoms with E-state index in [0.29, 0.717) is 0 Å². The summed E-state index contributed by atoms with van der Waals surface area (Å²) in [5.74, 6) is 2.00. The molecule has 0 fully saturated rings. The van der Waals surface area contributed by atoms with Gasteiger partial charge in [0.25, 0.3) is 0 Å². The Labute approximate surface area is 68.1 Å². The van der Waals surface area contributed by atoms with Gasteiger partial charge < -0.3 is 0 Å². The fourth-order valence-corrected chi connectivity index (χ4v) is 2.32. The minimum Gasteiger partial charge on any atom is -0.179 e. The molecule has 0 nitrogen and oxygen atoms in total. The molecule has 0 spiro atoms. The van der Waals surface area contributed by atoms with Gasteiger partial charge >= 0.3 is 0 Å². The van der Waals surface area contributed by atoms with Crippen LogP contribution in [0.4, 0.5) is 0 Å². The van der Waals surface area contributed by atoms with Crippen molar-refractivity contribution >= 4 is 12.6 Å². The smallest absolute Gasteiger partial charge is 0.00663 e. The van der Waals surface area contributed by atoms with Crippen LogP contribution < -0.4 is 0 Å². The molecule has 0 saturated carbocycles. The van der Waals surface area contributed by atoms with Crippen molar-refractivity contribution in [2.45, 2.75) is 32.1 Å². The summed E-state index contributed by atoms with van der Waals surface area (Å²) in [7, 11) is 0. The predicted molar refractivity (Wildman–Crippen MR) is 47.5 cm³/mol. The topological polar surface area (TPSA) is 0 Å². The molecule has 1 heteroatoms. The van der Waals surface area contributed by atoms with E-state index in [2.05, 4.69) is 12.6 Å². The van der Waals surface area contributed by atoms with Crippen LogP contribution in [-0.2, 0) is 0 Å². The van der Waals surface area contributed by atoms with Gasteiger partial charge in [0.1, 0.15) is 0 Å². The zero-order valence-electron chi connectivity index (χ0n) is 6.27. The maximum atomic E-state index is 4.34. The van der Waals surface area contributed by atoms with Gasteiger partial charge in [-0.05, 0) is 43.8 Å². The lowest BCUT2D eigenvalue weighted by molar-refractivity contribution is 0.456. The van der Waals surface area contributed by atoms with Crippen molar-refractivity contribution in [1.29, 1.82) is 0 Å². The lowest BCUT2D eigenvalue weighted by Gasteiger charge is -2.32. The fraction of sp³-hybridized carbons (Fsp3) is 0.778. The first-order valence-corrected chi connectivity index (χ1v) is 4.84. The van der Waals surface area contributed by atoms with Crippen molar-refractivity contribution in [3.63, 3.8) is 0 Å². The molecule has 0 amide bonds. The predicted octanol–water partition coefficient (Wildman–Crippen LogP) is 2.81. The zero-order chi connectivity index (χ0) is 6.97. The largest absolute Gasteiger partial charge is 0.179 e. The SMILES string of the molecule is SCC1CCC2=C(CC2)C1. The second kappa shape index (κ2) is 2.61. The van der Waals surface area contributed by atoms with Crippen molar-refractivity contribution in [1.82, 2.24) is 0 Å². The molecule has 56 valence electrons. The lowest BCUT2D eigenvalue weighted by Crippen LogP contribution is -2.17. The molecule has 0 bridgehead atoms. The molecule has 0 saturated heterocycles. The molecule has 0 aromatic heterocycles. The standard InChI is InChI=1S/C9H14S/c10-6-7-1-2-8-3-4-9(8)5-7/h7,10H,1-6H2. The first kappa shape index (κ1) is 6.78. The van der Waals surface area contributed by atoms with Crippen molar-refractivity contribution in [3.8, 4) is 0 Å². The van der Waals surface area contributed by atoms with E-state index >= 15 is 0 Å². The second-order valence-electron chi connectivity index (χ2n) is 3.50. The Balaban J connectivity index is 2.02. The first-order valence-electron chi connectivity index (χ1n) is 4.21. The third-order valence-electron chi connectivity index (χ3n) is 2.88. The quantitative estimate of drug-likeness (QED) is 0.436. The van der Waals surface area contributed by atoms with Crippen LogP contribution in [0.1, 0.15) is 32.1 Å². The summed E-state index contributed by atoms with van der Waals surface area (Å²) in [6.07, 6.45) is 6.98. The monoisotopic (exact) mass is 154 g/mol. The molecule has 1 atom stereocenters. The van der Waals surface area contributed by atoms with Gasteiger partial charge in [0.2, 0.25) is 0 Å². The summed E-state index contributed by atoms with van der Waals surface area (Å²) < 4.78 is 0. The van der Waals surface area contributed by atoms with Gasteiger partial charge in [-0.15, -0.1) is 0 Å². The highest BCUT2D eigenvalue weighted by Crippen LogP contribution is 2.41. The van der Waals surface area contributed by atoms with Gasteiger partial charge in [-0.25, -0.2) is 0 Å². The van der Waals surface area contributed by atoms with Crippen LogP contribution in [0.15, 0.2) is 11.1 Å². The summed E-state index contributed by atoms with van der Waals surface area (Å²) in [5, 5.41) is 0. The van der Waals surface area contributed by atoms with Crippen LogP contribution in [0, 0.1) is 5.92 Å². The fourth-order valence-electron chi connectivity index (χ4n) is 2.01. The van der Waals surface area contributed by atoms with E-state index in [1.165, 1.54) is 32.1 Å². The van der Waals surface area contributed by atoms with Gasteiger partial charge in [-0.1, -0.05) is 11.1 Å². The lowest BCUT2D eigenvalue weighted by atomic mass is 9.74. The zero-order valence-corrected chi connectivity index (χ0v) is 7.16. The summed E-state index contributed by atoms with van der Waals surface area (Å²) in [6.45, 7) is 0. The minimum absolute atomic E-state index is 0.905. The Morgan fingerprint density at radius 1 is 1.20 bits per heavy atom. The highest BCUT2D eigenvalue weighted by molar-refractivity contribution is 7.80. The maximum Gasteiger partial charge on any atom is -0.00663 e. The van der Waals surface area contributed by atoms with E-state index in [0.717, 1.165) is 11.7 Å². The molecular formula is C9H14S. The van der Waals surface area contributed by atoms with Gasteiger partial charge in [0.15, 0.2) is 0 Å². The average molecular weight is 154 g/mol. The van der Waals surface area contributed by atoms with E-state index < -0.39 is 0 Å². The van der Waals surface area contributed by atoms with Gasteiger partial charge in [0.05, 0.1) is 0 Å². The third-order valence-corrected chi connectivity index (χ3v) is 3.39. The van der Waals surface area contributed by atoms with E-state index in [1.54, 1.807) is 11.1 Å². The van der Waals surface area contributed by atoms with E-state index in [1.807, 2.05) is 0 Å². The molecule has 2 rings (SSSR count). The Hall–Kier alpha value is 0.0900. The summed E-state index contributed by atoms with van der Waals surface area (Å²) in [6, 6.07) is 0. The van der Waals surface area contributed by atoms with E-state index in [-0.39, 0.29) is 0 Å². The third kappa shape index (κ3) is 1.01. The molecule has 0 aromatic carbocycles. The molecule has 2 aliphatic rings. The highest BCUT2D eigenvalue weighted by atomic mass is 32.1. The normalized spacial score (nSPS) is 31.5. The molecule has 0 aliphatic heterocycles. The Kier molecular flexibility index (Phi) is 1.77. The summed E-state index contributed by atoms with van der Waals surface area (Å²) in [5.41, 5.74) is 3.57. The number of hydrogen-bond donors (Lipinski definition) is 1. The number of thiol groups is 1. The van der Waals surface area contributed by atoms with Crippen molar-refractivity contribution in [3.05, 3.63) is 11.1 Å². The van der Waals surface area contributed by atoms with Crippen LogP contribution in [0.3, 0.4) is 0 Å². The van der Waals surface area contributed by atoms with Crippen LogP contribution in [-0.4, -0.2) is 5.75 Å². The molecule has 10 heavy (non-hydrogen) atoms. The first-order chi connectivity index (χ1) is 4.90. The minimum atomic E-state index is 0.905. The molecule has 0 N–H and O–H groups in total. The van der Waals surface area contributed by atoms with E-state index in [4.69, 9.17) is 0 Å². The summed E-state index contributed by atoms with van der Waals surface area (Å²) >= 11 is 4.34. The van der Waals surface area contributed by atoms with Gasteiger partial charge in [-0.3, -0.25) is 0 Å². The van der Waals surface area contributed by atoms with E-state index in [9.17, 15) is 0 Å². The molecule has 2 aliphatic carbocycles. The average Bonchev–Trinajstić information content (AvgIpc) is 1.92. The highest BCUT2D eigenvalue weighted by Gasteiger charge is 2.24. The molecule has 0 radical (unpaired) electrons. The van der Waals surface area contributed by atoms with Gasteiger partial charge in [0, 0.05) is 0 Å². The van der Waals surface area contributed by atoms with Crippen LogP contribution in [0.5, 0.6) is 0 Å². The van der Waals surface area contributed by atoms with Crippen molar-refractivity contribution < 1.29 is 0 Å². The van der Waals surface area contributed by atoms with Crippen molar-refractivity contribution in [2.75, 3.05) is 5.75 Å². The number of allylic oxidation sites excluding steroid dienone is 2. The molecular weight excluding hydrogens is 140 g/mol. The Bertz CT molecular complexity index is 170. The van der Waals surface area contributed by atoms with Crippen LogP contribution >= 0.6 is 12.6 Å². The molecule has 0 heterocycles. The van der Waals surface area contributed by atoms with Crippen molar-refractivity contribution in [2.24, 2.45) is 5.92 Å². The molecule has 0 aromatic rings. The maximum absolute atomic E-state index is 4.34. The summed E-state index contributed by atoms with van der Waals surface area (Å²) in [4.78, 5) is 0. The van der Waals surface area contributed by atoms with Gasteiger partial charge in [-0.2, -0.15) is 12.6 Å². The molecule has 1 unspecified atom stereocenters. The van der Waals surface area contributed by atoms with Crippen LogP contribution in [0.25, 0.3) is 0 Å².